The Balaban J connectivity index is 4.03. The fourth-order valence-corrected chi connectivity index (χ4v) is 1.28. The van der Waals surface area contributed by atoms with E-state index in [1.54, 1.807) is 13.8 Å². The van der Waals surface area contributed by atoms with Crippen molar-refractivity contribution >= 4 is 5.97 Å². The van der Waals surface area contributed by atoms with E-state index in [0.29, 0.717) is 19.4 Å². The molecule has 1 atom stereocenters. The Morgan fingerprint density at radius 1 is 1.54 bits per heavy atom. The molecule has 0 saturated carbocycles. The molecule has 0 saturated heterocycles. The number of rotatable bonds is 6. The molecular formula is C9H19NO3. The third-order valence-corrected chi connectivity index (χ3v) is 1.85. The van der Waals surface area contributed by atoms with Crippen LogP contribution in [0.5, 0.6) is 0 Å². The Hall–Kier alpha value is -0.610. The molecule has 78 valence electrons. The first kappa shape index (κ1) is 12.4. The highest BCUT2D eigenvalue weighted by Crippen LogP contribution is 2.20. The number of aliphatic carboxylic acids is 1. The monoisotopic (exact) mass is 189 g/mol. The molecule has 0 aliphatic rings. The number of carbonyl (C=O) groups is 1. The van der Waals surface area contributed by atoms with Crippen molar-refractivity contribution in [3.63, 3.8) is 0 Å². The van der Waals surface area contributed by atoms with Crippen LogP contribution in [-0.4, -0.2) is 28.3 Å². The van der Waals surface area contributed by atoms with Crippen molar-refractivity contribution in [3.05, 3.63) is 0 Å². The van der Waals surface area contributed by atoms with E-state index >= 15 is 0 Å². The first-order valence-corrected chi connectivity index (χ1v) is 4.52. The van der Waals surface area contributed by atoms with Crippen LogP contribution in [0.25, 0.3) is 0 Å². The largest absolute Gasteiger partial charge is 0.481 e. The molecule has 4 nitrogen and oxygen atoms in total. The van der Waals surface area contributed by atoms with E-state index in [0.717, 1.165) is 0 Å². The van der Waals surface area contributed by atoms with E-state index < -0.39 is 17.5 Å². The van der Waals surface area contributed by atoms with Gasteiger partial charge in [-0.05, 0) is 39.7 Å². The Kier molecular flexibility index (Phi) is 4.95. The lowest BCUT2D eigenvalue weighted by Gasteiger charge is -2.21. The molecule has 0 spiro atoms. The molecule has 0 rings (SSSR count). The van der Waals surface area contributed by atoms with Crippen molar-refractivity contribution in [2.24, 2.45) is 11.7 Å². The minimum Gasteiger partial charge on any atom is -0.481 e. The predicted molar refractivity (Wildman–Crippen MR) is 50.3 cm³/mol. The summed E-state index contributed by atoms with van der Waals surface area (Å²) in [7, 11) is 0. The van der Waals surface area contributed by atoms with Gasteiger partial charge in [-0.3, -0.25) is 4.79 Å². The molecule has 0 aromatic rings. The summed E-state index contributed by atoms with van der Waals surface area (Å²) >= 11 is 0. The Bertz CT molecular complexity index is 163. The second kappa shape index (κ2) is 5.19. The number of nitrogens with two attached hydrogens (primary N) is 1. The lowest BCUT2D eigenvalue weighted by Crippen LogP contribution is -2.28. The lowest BCUT2D eigenvalue weighted by atomic mass is 9.90. The van der Waals surface area contributed by atoms with Gasteiger partial charge in [0.15, 0.2) is 0 Å². The van der Waals surface area contributed by atoms with Gasteiger partial charge in [0.1, 0.15) is 0 Å². The summed E-state index contributed by atoms with van der Waals surface area (Å²) < 4.78 is 0. The second-order valence-electron chi connectivity index (χ2n) is 3.98. The zero-order chi connectivity index (χ0) is 10.5. The summed E-state index contributed by atoms with van der Waals surface area (Å²) in [4.78, 5) is 10.7. The summed E-state index contributed by atoms with van der Waals surface area (Å²) in [6.45, 7) is 3.73. The van der Waals surface area contributed by atoms with E-state index in [9.17, 15) is 9.90 Å². The van der Waals surface area contributed by atoms with Crippen LogP contribution < -0.4 is 5.73 Å². The van der Waals surface area contributed by atoms with Gasteiger partial charge in [-0.2, -0.15) is 0 Å². The van der Waals surface area contributed by atoms with E-state index in [1.165, 1.54) is 0 Å². The number of hydrogen-bond donors (Lipinski definition) is 3. The molecule has 0 amide bonds. The number of aliphatic hydroxyl groups is 1. The normalized spacial score (nSPS) is 14.2. The van der Waals surface area contributed by atoms with Crippen LogP contribution in [0.1, 0.15) is 33.1 Å². The van der Waals surface area contributed by atoms with Gasteiger partial charge in [0.25, 0.3) is 0 Å². The minimum atomic E-state index is -0.919. The van der Waals surface area contributed by atoms with Crippen LogP contribution in [0.2, 0.25) is 0 Å². The maximum atomic E-state index is 10.7. The van der Waals surface area contributed by atoms with E-state index in [4.69, 9.17) is 10.8 Å². The molecule has 4 heteroatoms. The van der Waals surface area contributed by atoms with Crippen molar-refractivity contribution in [2.75, 3.05) is 6.54 Å². The molecule has 0 radical (unpaired) electrons. The Morgan fingerprint density at radius 2 is 2.08 bits per heavy atom. The first-order valence-electron chi connectivity index (χ1n) is 4.52. The van der Waals surface area contributed by atoms with Crippen molar-refractivity contribution in [1.29, 1.82) is 0 Å². The maximum absolute atomic E-state index is 10.7. The summed E-state index contributed by atoms with van der Waals surface area (Å²) in [6.07, 6.45) is 1.51. The van der Waals surface area contributed by atoms with Crippen LogP contribution in [-0.2, 0) is 4.79 Å². The Morgan fingerprint density at radius 3 is 2.38 bits per heavy atom. The topological polar surface area (TPSA) is 83.5 Å². The van der Waals surface area contributed by atoms with Gasteiger partial charge in [-0.25, -0.2) is 0 Å². The quantitative estimate of drug-likeness (QED) is 0.571. The molecule has 13 heavy (non-hydrogen) atoms. The predicted octanol–water partition coefficient (Wildman–Crippen LogP) is 0.587. The standard InChI is InChI=1S/C9H19NO3/c1-9(2,13)6-7(8(11)12)4-3-5-10/h7,13H,3-6,10H2,1-2H3,(H,11,12). The number of hydrogen-bond acceptors (Lipinski definition) is 3. The summed E-state index contributed by atoms with van der Waals surface area (Å²) in [6, 6.07) is 0. The average Bonchev–Trinajstić information content (AvgIpc) is 1.95. The van der Waals surface area contributed by atoms with Crippen molar-refractivity contribution in [2.45, 2.75) is 38.7 Å². The van der Waals surface area contributed by atoms with Crippen molar-refractivity contribution < 1.29 is 15.0 Å². The van der Waals surface area contributed by atoms with Crippen LogP contribution in [0.15, 0.2) is 0 Å². The van der Waals surface area contributed by atoms with Crippen LogP contribution >= 0.6 is 0 Å². The minimum absolute atomic E-state index is 0.280. The Labute approximate surface area is 78.7 Å². The fraction of sp³-hybridized carbons (Fsp3) is 0.889. The third-order valence-electron chi connectivity index (χ3n) is 1.85. The smallest absolute Gasteiger partial charge is 0.306 e. The SMILES string of the molecule is CC(C)(O)CC(CCCN)C(=O)O. The highest BCUT2D eigenvalue weighted by atomic mass is 16.4. The van der Waals surface area contributed by atoms with Gasteiger partial charge in [0.05, 0.1) is 11.5 Å². The summed E-state index contributed by atoms with van der Waals surface area (Å²) in [5.74, 6) is -1.33. The molecule has 0 aliphatic carbocycles. The number of carboxylic acids is 1. The van der Waals surface area contributed by atoms with E-state index in [1.807, 2.05) is 0 Å². The van der Waals surface area contributed by atoms with Gasteiger partial charge in [-0.15, -0.1) is 0 Å². The molecule has 0 fully saturated rings. The third kappa shape index (κ3) is 6.54. The van der Waals surface area contributed by atoms with Gasteiger partial charge in [0.2, 0.25) is 0 Å². The van der Waals surface area contributed by atoms with Crippen molar-refractivity contribution in [3.8, 4) is 0 Å². The zero-order valence-corrected chi connectivity index (χ0v) is 8.29. The zero-order valence-electron chi connectivity index (χ0n) is 8.29. The molecular weight excluding hydrogens is 170 g/mol. The maximum Gasteiger partial charge on any atom is 0.306 e. The van der Waals surface area contributed by atoms with Crippen LogP contribution in [0.4, 0.5) is 0 Å². The van der Waals surface area contributed by atoms with Crippen LogP contribution in [0, 0.1) is 5.92 Å². The van der Waals surface area contributed by atoms with Gasteiger partial charge < -0.3 is 15.9 Å². The van der Waals surface area contributed by atoms with Crippen molar-refractivity contribution in [1.82, 2.24) is 0 Å². The molecule has 0 aromatic carbocycles. The first-order chi connectivity index (χ1) is 5.87. The van der Waals surface area contributed by atoms with E-state index in [-0.39, 0.29) is 6.42 Å². The fourth-order valence-electron chi connectivity index (χ4n) is 1.28. The second-order valence-corrected chi connectivity index (χ2v) is 3.98. The van der Waals surface area contributed by atoms with Gasteiger partial charge in [-0.1, -0.05) is 0 Å². The number of carboxylic acid groups (broad SMARTS) is 1. The average molecular weight is 189 g/mol. The molecule has 0 aromatic heterocycles. The summed E-state index contributed by atoms with van der Waals surface area (Å²) in [5, 5.41) is 18.3. The molecule has 0 heterocycles. The van der Waals surface area contributed by atoms with Crippen LogP contribution in [0.3, 0.4) is 0 Å². The highest BCUT2D eigenvalue weighted by molar-refractivity contribution is 5.70. The van der Waals surface area contributed by atoms with Gasteiger partial charge >= 0.3 is 5.97 Å². The van der Waals surface area contributed by atoms with Gasteiger partial charge in [0, 0.05) is 0 Å². The molecule has 0 bridgehead atoms. The molecule has 0 aliphatic heterocycles. The highest BCUT2D eigenvalue weighted by Gasteiger charge is 2.25. The molecule has 1 unspecified atom stereocenters. The molecule has 4 N–H and O–H groups in total. The lowest BCUT2D eigenvalue weighted by molar-refractivity contribution is -0.144. The van der Waals surface area contributed by atoms with E-state index in [2.05, 4.69) is 0 Å². The summed E-state index contributed by atoms with van der Waals surface area (Å²) in [5.41, 5.74) is 4.37.